The van der Waals surface area contributed by atoms with Crippen molar-refractivity contribution in [3.05, 3.63) is 118 Å². The summed E-state index contributed by atoms with van der Waals surface area (Å²) in [5, 5.41) is 52.7. The van der Waals surface area contributed by atoms with Crippen molar-refractivity contribution in [1.29, 1.82) is 0 Å². The van der Waals surface area contributed by atoms with Gasteiger partial charge in [-0.1, -0.05) is 76.2 Å². The Morgan fingerprint density at radius 3 is 1.80 bits per heavy atom. The summed E-state index contributed by atoms with van der Waals surface area (Å²) in [5.41, 5.74) is 32.7. The molecular formula is C83H122FN21O18. The highest BCUT2D eigenvalue weighted by molar-refractivity contribution is 6.43. The molecule has 1 aromatic heterocycles. The summed E-state index contributed by atoms with van der Waals surface area (Å²) in [7, 11) is 1.40. The molecule has 123 heavy (non-hydrogen) atoms. The minimum absolute atomic E-state index is 0.00879. The zero-order chi connectivity index (χ0) is 90.9. The molecule has 0 bridgehead atoms. The quantitative estimate of drug-likeness (QED) is 0.0162. The number of aromatic nitrogens is 1. The van der Waals surface area contributed by atoms with Crippen LogP contribution in [-0.4, -0.2) is 254 Å². The van der Waals surface area contributed by atoms with Gasteiger partial charge in [-0.15, -0.1) is 0 Å². The van der Waals surface area contributed by atoms with Crippen LogP contribution in [0.25, 0.3) is 11.6 Å². The predicted molar refractivity (Wildman–Crippen MR) is 454 cm³/mol. The van der Waals surface area contributed by atoms with Crippen LogP contribution in [0.15, 0.2) is 72.8 Å². The lowest BCUT2D eigenvalue weighted by molar-refractivity contribution is -0.145. The van der Waals surface area contributed by atoms with E-state index >= 15 is 4.39 Å². The van der Waals surface area contributed by atoms with Gasteiger partial charge in [0.05, 0.1) is 34.7 Å². The number of likely N-dealkylation sites (N-methyl/N-ethyl adjacent to an activating group) is 1. The number of hydrogen-bond donors (Lipinski definition) is 20. The van der Waals surface area contributed by atoms with Gasteiger partial charge in [-0.05, 0) is 172 Å². The van der Waals surface area contributed by atoms with E-state index in [-0.39, 0.29) is 138 Å². The number of anilines is 2. The maximum Gasteiger partial charge on any atom is 0.335 e. The van der Waals surface area contributed by atoms with E-state index in [1.54, 1.807) is 82.3 Å². The first-order valence-corrected chi connectivity index (χ1v) is 41.3. The molecule has 15 amide bonds. The molecule has 3 aromatic carbocycles. The van der Waals surface area contributed by atoms with Gasteiger partial charge in [0.25, 0.3) is 11.8 Å². The zero-order valence-electron chi connectivity index (χ0n) is 71.1. The van der Waals surface area contributed by atoms with E-state index in [2.05, 4.69) is 73.7 Å². The molecule has 3 heterocycles. The van der Waals surface area contributed by atoms with Crippen molar-refractivity contribution in [1.82, 2.24) is 73.7 Å². The fraction of sp³-hybridized carbons (Fsp3) is 0.530. The second kappa shape index (κ2) is 49.4. The number of urea groups is 1. The Bertz CT molecular complexity index is 4390. The summed E-state index contributed by atoms with van der Waals surface area (Å²) in [4.78, 5) is 220. The van der Waals surface area contributed by atoms with Crippen LogP contribution in [0.2, 0.25) is 0 Å². The number of fused-ring (bicyclic) bond motifs is 1. The molecule has 12 atom stereocenters. The fourth-order valence-electron chi connectivity index (χ4n) is 13.9. The van der Waals surface area contributed by atoms with E-state index < -0.39 is 174 Å². The summed E-state index contributed by atoms with van der Waals surface area (Å²) in [5.74, 6) is -13.6. The van der Waals surface area contributed by atoms with E-state index in [1.165, 1.54) is 26.1 Å². The molecule has 25 N–H and O–H groups in total. The van der Waals surface area contributed by atoms with Crippen molar-refractivity contribution in [2.24, 2.45) is 34.6 Å². The number of ether oxygens (including phenoxy) is 1. The highest BCUT2D eigenvalue weighted by atomic mass is 19.1. The Hall–Kier alpha value is -11.7. The minimum Gasteiger partial charge on any atom is -0.461 e. The maximum atomic E-state index is 15.0. The molecule has 0 aliphatic carbocycles. The van der Waals surface area contributed by atoms with Crippen molar-refractivity contribution in [2.45, 2.75) is 205 Å². The third-order valence-electron chi connectivity index (χ3n) is 20.7. The Balaban J connectivity index is 1.14. The number of aryl methyl sites for hydroxylation is 1. The van der Waals surface area contributed by atoms with Gasteiger partial charge in [0.15, 0.2) is 0 Å². The first kappa shape index (κ1) is 100. The number of aromatic amines is 1. The topological polar surface area (TPSA) is 606 Å². The van der Waals surface area contributed by atoms with Crippen LogP contribution in [-0.2, 0) is 80.1 Å². The molecule has 674 valence electrons. The molecule has 1 fully saturated rings. The van der Waals surface area contributed by atoms with Gasteiger partial charge in [0.1, 0.15) is 72.8 Å². The smallest absolute Gasteiger partial charge is 0.335 e. The SMILES string of the molecule is CCN(CC)CCNC(=O)c1c(C)[nH]c(/C=C2\C(=O)N(C(=O)N(C)c3ccccc3COC(=O)CCCC(=O)N[C@H](CCN)C(=O)N[C@H](C(=O)N[C@@H](CCN)C(=O)N[C@H]3CCNC(=O)[C@@H]([C@@H](C)O)NC(=O)[C@H](CCN)NC(=O)[C@H](CCN)NC(=O)[C@H](CC(C)C)NC(=O)[C@@H](Cc4ccccc4)NC(=O)[C@H](CCN)NC3=O)[C@@H](C)O)c3ccc(F)cc32)c1C. The molecule has 2 aliphatic heterocycles. The molecule has 0 saturated carbocycles. The van der Waals surface area contributed by atoms with Gasteiger partial charge < -0.3 is 117 Å². The van der Waals surface area contributed by atoms with Crippen molar-refractivity contribution in [2.75, 3.05) is 82.3 Å². The number of nitrogens with one attached hydrogen (secondary N) is 13. The van der Waals surface area contributed by atoms with Crippen molar-refractivity contribution in [3.8, 4) is 0 Å². The monoisotopic (exact) mass is 1720 g/mol. The molecule has 40 heteroatoms. The van der Waals surface area contributed by atoms with E-state index in [0.29, 0.717) is 46.7 Å². The van der Waals surface area contributed by atoms with Gasteiger partial charge in [0.2, 0.25) is 65.0 Å². The molecule has 6 rings (SSSR count). The summed E-state index contributed by atoms with van der Waals surface area (Å²) >= 11 is 0. The number of hydrogen-bond acceptors (Lipinski definition) is 24. The van der Waals surface area contributed by atoms with E-state index in [4.69, 9.17) is 33.4 Å². The number of rotatable bonds is 37. The van der Waals surface area contributed by atoms with Crippen LogP contribution in [0.3, 0.4) is 0 Å². The highest BCUT2D eigenvalue weighted by Gasteiger charge is 2.42. The number of imide groups is 1. The number of nitrogens with zero attached hydrogens (tertiary/aromatic N) is 3. The normalized spacial score (nSPS) is 19.9. The lowest BCUT2D eigenvalue weighted by Gasteiger charge is -2.29. The Labute approximate surface area is 713 Å². The summed E-state index contributed by atoms with van der Waals surface area (Å²) in [6, 6.07) is 1.79. The number of amides is 15. The Morgan fingerprint density at radius 1 is 0.650 bits per heavy atom. The van der Waals surface area contributed by atoms with E-state index in [0.717, 1.165) is 41.9 Å². The average molecular weight is 1720 g/mol. The lowest BCUT2D eigenvalue weighted by atomic mass is 10.00. The first-order valence-electron chi connectivity index (χ1n) is 41.3. The molecule has 39 nitrogen and oxygen atoms in total. The van der Waals surface area contributed by atoms with Crippen LogP contribution in [0, 0.1) is 25.6 Å². The van der Waals surface area contributed by atoms with Gasteiger partial charge in [-0.3, -0.25) is 72.0 Å². The minimum atomic E-state index is -1.87. The molecule has 0 spiro atoms. The number of aliphatic hydroxyl groups excluding tert-OH is 2. The third kappa shape index (κ3) is 29.3. The summed E-state index contributed by atoms with van der Waals surface area (Å²) in [6.07, 6.45) is -4.60. The Morgan fingerprint density at radius 2 is 1.21 bits per heavy atom. The van der Waals surface area contributed by atoms with Crippen LogP contribution in [0.4, 0.5) is 20.6 Å². The number of carbonyl (C=O) groups is 15. The van der Waals surface area contributed by atoms with Gasteiger partial charge in [0, 0.05) is 68.5 Å². The molecular weight excluding hydrogens is 1600 g/mol. The molecule has 0 radical (unpaired) electrons. The number of aliphatic hydroxyl groups is 2. The second-order valence-electron chi connectivity index (χ2n) is 30.6. The molecule has 4 aromatic rings. The van der Waals surface area contributed by atoms with Gasteiger partial charge in [-0.2, -0.15) is 0 Å². The maximum absolute atomic E-state index is 15.0. The summed E-state index contributed by atoms with van der Waals surface area (Å²) in [6.45, 7) is 14.0. The van der Waals surface area contributed by atoms with Gasteiger partial charge in [-0.25, -0.2) is 14.1 Å². The zero-order valence-corrected chi connectivity index (χ0v) is 71.1. The van der Waals surface area contributed by atoms with E-state index in [1.807, 2.05) is 13.8 Å². The standard InChI is InChI=1S/C83H122FN21O18/c1-10-104(11-2)39-38-91-79(118)68-46(5)61(92-47(68)6)43-54-53-42-52(84)24-25-65(53)105(82(54)121)83(122)103(9)64-21-16-15-20-51(64)44-123-67(109)23-17-22-66(108)93-55(26-32-85)75(114)102-70(49(8)107)81(120)98-58(29-35-88)72(111)97-60-31-37-90-80(119)69(48(7)106)101-76(115)59(30-36-89)95-71(110)56(27-33-86)96-77(116)62(40-45(3)4)99-78(117)63(41-50-18-13-12-14-19-50)100-73(112)57(28-34-87)94-74(60)113/h12-16,18-21,24-25,42-43,45,48-49,55-60,62-63,69-70,92,106-107H,10-11,17,22-23,26-41,44,85-89H2,1-9H3,(H,90,119)(H,91,118)(H,93,108)(H,94,113)(H,95,110)(H,96,116)(H,97,111)(H,98,120)(H,99,117)(H,100,112)(H,101,115)(H,102,114)/b54-43-/t48-,49-,55-,56+,57+,58+,59+,60+,62+,63-,69-,70+/m1/s1. The number of nitrogens with two attached hydrogens (primary N) is 5. The molecule has 0 unspecified atom stereocenters. The van der Waals surface area contributed by atoms with Gasteiger partial charge >= 0.3 is 12.0 Å². The number of H-pyrrole nitrogens is 1. The molecule has 2 aliphatic rings. The average Bonchev–Trinajstić information content (AvgIpc) is 1.60. The van der Waals surface area contributed by atoms with Crippen molar-refractivity contribution in [3.63, 3.8) is 0 Å². The number of carbonyl (C=O) groups excluding carboxylic acids is 15. The number of benzene rings is 3. The second-order valence-corrected chi connectivity index (χ2v) is 30.6. The molecule has 1 saturated heterocycles. The van der Waals surface area contributed by atoms with Crippen LogP contribution >= 0.6 is 0 Å². The predicted octanol–water partition coefficient (Wildman–Crippen LogP) is -2.64. The summed E-state index contributed by atoms with van der Waals surface area (Å²) < 4.78 is 20.6. The Kier molecular flexibility index (Phi) is 40.3. The largest absolute Gasteiger partial charge is 0.461 e. The number of halogens is 1. The van der Waals surface area contributed by atoms with Crippen molar-refractivity contribution >= 4 is 112 Å². The first-order chi connectivity index (χ1) is 58.5. The van der Waals surface area contributed by atoms with Crippen LogP contribution in [0.5, 0.6) is 0 Å². The number of para-hydroxylation sites is 1. The van der Waals surface area contributed by atoms with E-state index in [9.17, 15) is 82.1 Å². The fourth-order valence-corrected chi connectivity index (χ4v) is 13.9. The van der Waals surface area contributed by atoms with Crippen molar-refractivity contribution < 1.29 is 91.3 Å². The van der Waals surface area contributed by atoms with Crippen LogP contribution < -0.4 is 102 Å². The van der Waals surface area contributed by atoms with Crippen LogP contribution in [0.1, 0.15) is 150 Å². The lowest BCUT2D eigenvalue weighted by Crippen LogP contribution is -2.62. The third-order valence-corrected chi connectivity index (χ3v) is 20.7. The highest BCUT2D eigenvalue weighted by Crippen LogP contribution is 2.40. The number of esters is 1.